The van der Waals surface area contributed by atoms with Crippen LogP contribution < -0.4 is 5.32 Å². The SMILES string of the molecule is O=C(NCC1CCCC1C(=O)O)c1csc2ccccc12. The Labute approximate surface area is 126 Å². The number of aliphatic carboxylic acids is 1. The van der Waals surface area contributed by atoms with Crippen molar-refractivity contribution < 1.29 is 14.7 Å². The van der Waals surface area contributed by atoms with E-state index in [1.807, 2.05) is 29.6 Å². The van der Waals surface area contributed by atoms with Crippen LogP contribution in [0.5, 0.6) is 0 Å². The second-order valence-corrected chi connectivity index (χ2v) is 6.40. The van der Waals surface area contributed by atoms with Crippen LogP contribution in [-0.2, 0) is 4.79 Å². The highest BCUT2D eigenvalue weighted by Gasteiger charge is 2.33. The van der Waals surface area contributed by atoms with E-state index in [0.717, 1.165) is 29.3 Å². The predicted molar refractivity (Wildman–Crippen MR) is 82.6 cm³/mol. The van der Waals surface area contributed by atoms with Gasteiger partial charge in [0.1, 0.15) is 0 Å². The maximum atomic E-state index is 12.3. The normalized spacial score (nSPS) is 21.5. The van der Waals surface area contributed by atoms with E-state index in [1.54, 1.807) is 11.3 Å². The van der Waals surface area contributed by atoms with Gasteiger partial charge in [0.25, 0.3) is 5.91 Å². The Hall–Kier alpha value is -1.88. The van der Waals surface area contributed by atoms with Gasteiger partial charge in [-0.2, -0.15) is 0 Å². The summed E-state index contributed by atoms with van der Waals surface area (Å²) in [6.45, 7) is 0.444. The molecule has 0 aliphatic heterocycles. The Morgan fingerprint density at radius 1 is 1.29 bits per heavy atom. The Bertz CT molecular complexity index is 679. The number of amides is 1. The quantitative estimate of drug-likeness (QED) is 0.912. The number of benzene rings is 1. The summed E-state index contributed by atoms with van der Waals surface area (Å²) in [4.78, 5) is 23.5. The molecule has 1 aliphatic rings. The molecular weight excluding hydrogens is 286 g/mol. The van der Waals surface area contributed by atoms with Crippen LogP contribution in [-0.4, -0.2) is 23.5 Å². The number of nitrogens with one attached hydrogen (secondary N) is 1. The van der Waals surface area contributed by atoms with Crippen molar-refractivity contribution >= 4 is 33.3 Å². The Morgan fingerprint density at radius 2 is 2.10 bits per heavy atom. The summed E-state index contributed by atoms with van der Waals surface area (Å²) >= 11 is 1.55. The largest absolute Gasteiger partial charge is 0.481 e. The summed E-state index contributed by atoms with van der Waals surface area (Å²) in [6.07, 6.45) is 2.53. The Morgan fingerprint density at radius 3 is 2.90 bits per heavy atom. The predicted octanol–water partition coefficient (Wildman–Crippen LogP) is 3.13. The molecule has 1 aliphatic carbocycles. The molecule has 2 atom stereocenters. The zero-order valence-corrected chi connectivity index (χ0v) is 12.4. The van der Waals surface area contributed by atoms with Crippen LogP contribution >= 0.6 is 11.3 Å². The maximum Gasteiger partial charge on any atom is 0.306 e. The van der Waals surface area contributed by atoms with E-state index in [-0.39, 0.29) is 17.7 Å². The van der Waals surface area contributed by atoms with Crippen molar-refractivity contribution in [2.24, 2.45) is 11.8 Å². The molecule has 2 unspecified atom stereocenters. The molecule has 2 aromatic rings. The lowest BCUT2D eigenvalue weighted by Crippen LogP contribution is -2.32. The first-order chi connectivity index (χ1) is 10.2. The van der Waals surface area contributed by atoms with Gasteiger partial charge in [0.05, 0.1) is 11.5 Å². The van der Waals surface area contributed by atoms with Gasteiger partial charge in [-0.3, -0.25) is 9.59 Å². The smallest absolute Gasteiger partial charge is 0.306 e. The summed E-state index contributed by atoms with van der Waals surface area (Å²) in [5.74, 6) is -1.11. The molecule has 2 N–H and O–H groups in total. The molecule has 1 aromatic carbocycles. The Balaban J connectivity index is 1.68. The van der Waals surface area contributed by atoms with Gasteiger partial charge >= 0.3 is 5.97 Å². The summed E-state index contributed by atoms with van der Waals surface area (Å²) in [5, 5.41) is 14.9. The minimum Gasteiger partial charge on any atom is -0.481 e. The van der Waals surface area contributed by atoms with E-state index < -0.39 is 5.97 Å². The van der Waals surface area contributed by atoms with E-state index in [0.29, 0.717) is 12.1 Å². The first-order valence-electron chi connectivity index (χ1n) is 7.14. The molecule has 0 saturated heterocycles. The van der Waals surface area contributed by atoms with Crippen LogP contribution in [0, 0.1) is 11.8 Å². The minimum absolute atomic E-state index is 0.0522. The van der Waals surface area contributed by atoms with Gasteiger partial charge in [-0.25, -0.2) is 0 Å². The van der Waals surface area contributed by atoms with Crippen molar-refractivity contribution in [2.45, 2.75) is 19.3 Å². The second-order valence-electron chi connectivity index (χ2n) is 5.49. The van der Waals surface area contributed by atoms with E-state index >= 15 is 0 Å². The molecule has 3 rings (SSSR count). The van der Waals surface area contributed by atoms with E-state index in [1.165, 1.54) is 0 Å². The number of rotatable bonds is 4. The number of carbonyl (C=O) groups is 2. The molecule has 110 valence electrons. The van der Waals surface area contributed by atoms with Crippen LogP contribution in [0.1, 0.15) is 29.6 Å². The highest BCUT2D eigenvalue weighted by Crippen LogP contribution is 2.31. The lowest BCUT2D eigenvalue weighted by Gasteiger charge is -2.16. The van der Waals surface area contributed by atoms with Gasteiger partial charge in [-0.1, -0.05) is 24.6 Å². The van der Waals surface area contributed by atoms with Crippen LogP contribution in [0.15, 0.2) is 29.6 Å². The van der Waals surface area contributed by atoms with Crippen molar-refractivity contribution in [2.75, 3.05) is 6.54 Å². The highest BCUT2D eigenvalue weighted by molar-refractivity contribution is 7.17. The number of hydrogen-bond donors (Lipinski definition) is 2. The zero-order chi connectivity index (χ0) is 14.8. The first-order valence-corrected chi connectivity index (χ1v) is 8.02. The number of carboxylic acids is 1. The number of carboxylic acid groups (broad SMARTS) is 1. The summed E-state index contributed by atoms with van der Waals surface area (Å²) < 4.78 is 1.09. The number of hydrogen-bond acceptors (Lipinski definition) is 3. The van der Waals surface area contributed by atoms with Crippen molar-refractivity contribution in [1.29, 1.82) is 0 Å². The van der Waals surface area contributed by atoms with Gasteiger partial charge in [0.2, 0.25) is 0 Å². The fourth-order valence-corrected chi connectivity index (χ4v) is 4.02. The number of thiophene rings is 1. The molecule has 4 nitrogen and oxygen atoms in total. The standard InChI is InChI=1S/C16H17NO3S/c18-15(13-9-21-14-7-2-1-5-12(13)14)17-8-10-4-3-6-11(10)16(19)20/h1-2,5,7,9-11H,3-4,6,8H2,(H,17,18)(H,19,20). The Kier molecular flexibility index (Phi) is 3.92. The molecule has 1 saturated carbocycles. The molecule has 0 radical (unpaired) electrons. The van der Waals surface area contributed by atoms with Gasteiger partial charge in [0.15, 0.2) is 0 Å². The van der Waals surface area contributed by atoms with E-state index in [2.05, 4.69) is 5.32 Å². The summed E-state index contributed by atoms with van der Waals surface area (Å²) in [6, 6.07) is 7.81. The third kappa shape index (κ3) is 2.78. The fourth-order valence-electron chi connectivity index (χ4n) is 3.08. The second kappa shape index (κ2) is 5.85. The van der Waals surface area contributed by atoms with Crippen molar-refractivity contribution in [3.63, 3.8) is 0 Å². The first kappa shape index (κ1) is 14.1. The van der Waals surface area contributed by atoms with E-state index in [4.69, 9.17) is 5.11 Å². The van der Waals surface area contributed by atoms with Gasteiger partial charge < -0.3 is 10.4 Å². The maximum absolute atomic E-state index is 12.3. The third-order valence-electron chi connectivity index (χ3n) is 4.23. The van der Waals surface area contributed by atoms with Crippen LogP contribution in [0.3, 0.4) is 0 Å². The molecule has 1 amide bonds. The lowest BCUT2D eigenvalue weighted by atomic mass is 9.96. The molecule has 5 heteroatoms. The minimum atomic E-state index is -0.743. The lowest BCUT2D eigenvalue weighted by molar-refractivity contribution is -0.142. The van der Waals surface area contributed by atoms with Gasteiger partial charge in [0, 0.05) is 22.0 Å². The summed E-state index contributed by atoms with van der Waals surface area (Å²) in [5.41, 5.74) is 0.681. The van der Waals surface area contributed by atoms with Crippen LogP contribution in [0.25, 0.3) is 10.1 Å². The molecule has 1 fully saturated rings. The van der Waals surface area contributed by atoms with Crippen molar-refractivity contribution in [3.05, 3.63) is 35.2 Å². The van der Waals surface area contributed by atoms with E-state index in [9.17, 15) is 9.59 Å². The molecular formula is C16H17NO3S. The average Bonchev–Trinajstić information content (AvgIpc) is 3.11. The molecule has 21 heavy (non-hydrogen) atoms. The summed E-state index contributed by atoms with van der Waals surface area (Å²) in [7, 11) is 0. The zero-order valence-electron chi connectivity index (χ0n) is 11.5. The molecule has 1 aromatic heterocycles. The van der Waals surface area contributed by atoms with Crippen molar-refractivity contribution in [3.8, 4) is 0 Å². The topological polar surface area (TPSA) is 66.4 Å². The number of carbonyl (C=O) groups excluding carboxylic acids is 1. The van der Waals surface area contributed by atoms with Crippen molar-refractivity contribution in [1.82, 2.24) is 5.32 Å². The van der Waals surface area contributed by atoms with Crippen LogP contribution in [0.4, 0.5) is 0 Å². The van der Waals surface area contributed by atoms with Gasteiger partial charge in [-0.05, 0) is 24.8 Å². The van der Waals surface area contributed by atoms with Gasteiger partial charge in [-0.15, -0.1) is 11.3 Å². The monoisotopic (exact) mass is 303 g/mol. The number of fused-ring (bicyclic) bond motifs is 1. The molecule has 0 bridgehead atoms. The fraction of sp³-hybridized carbons (Fsp3) is 0.375. The van der Waals surface area contributed by atoms with Crippen LogP contribution in [0.2, 0.25) is 0 Å². The molecule has 1 heterocycles. The molecule has 0 spiro atoms. The highest BCUT2D eigenvalue weighted by atomic mass is 32.1. The third-order valence-corrected chi connectivity index (χ3v) is 5.19. The average molecular weight is 303 g/mol.